The number of carbonyl (C=O) groups is 1. The van der Waals surface area contributed by atoms with Crippen LogP contribution in [0.4, 0.5) is 4.39 Å². The number of hydrogen-bond acceptors (Lipinski definition) is 3. The second-order valence-electron chi connectivity index (χ2n) is 4.03. The van der Waals surface area contributed by atoms with Gasteiger partial charge in [-0.2, -0.15) is 0 Å². The minimum absolute atomic E-state index is 0.0778. The molecule has 0 aromatic heterocycles. The number of benzene rings is 1. The molecule has 0 aliphatic rings. The van der Waals surface area contributed by atoms with E-state index in [1.54, 1.807) is 13.2 Å². The van der Waals surface area contributed by atoms with Gasteiger partial charge in [-0.3, -0.25) is 4.79 Å². The quantitative estimate of drug-likeness (QED) is 0.717. The van der Waals surface area contributed by atoms with Crippen molar-refractivity contribution in [3.05, 3.63) is 29.6 Å². The number of methoxy groups -OCH3 is 2. The van der Waals surface area contributed by atoms with Crippen LogP contribution in [0.1, 0.15) is 23.7 Å². The zero-order valence-electron chi connectivity index (χ0n) is 10.3. The van der Waals surface area contributed by atoms with Gasteiger partial charge in [-0.1, -0.05) is 6.92 Å². The molecule has 94 valence electrons. The van der Waals surface area contributed by atoms with Crippen LogP contribution in [0.3, 0.4) is 0 Å². The molecule has 17 heavy (non-hydrogen) atoms. The van der Waals surface area contributed by atoms with E-state index >= 15 is 0 Å². The van der Waals surface area contributed by atoms with Crippen LogP contribution in [-0.4, -0.2) is 26.6 Å². The maximum atomic E-state index is 13.6. The van der Waals surface area contributed by atoms with Crippen molar-refractivity contribution in [3.63, 3.8) is 0 Å². The molecular formula is C13H17FO3. The van der Waals surface area contributed by atoms with E-state index < -0.39 is 5.82 Å². The zero-order chi connectivity index (χ0) is 12.8. The Morgan fingerprint density at radius 3 is 2.65 bits per heavy atom. The second-order valence-corrected chi connectivity index (χ2v) is 4.03. The van der Waals surface area contributed by atoms with Crippen molar-refractivity contribution in [2.45, 2.75) is 13.3 Å². The summed E-state index contributed by atoms with van der Waals surface area (Å²) in [4.78, 5) is 11.8. The highest BCUT2D eigenvalue weighted by Crippen LogP contribution is 2.19. The summed E-state index contributed by atoms with van der Waals surface area (Å²) in [5, 5.41) is 0. The maximum Gasteiger partial charge on any atom is 0.166 e. The number of rotatable bonds is 6. The van der Waals surface area contributed by atoms with E-state index in [4.69, 9.17) is 9.47 Å². The lowest BCUT2D eigenvalue weighted by molar-refractivity contribution is 0.0916. The third kappa shape index (κ3) is 3.82. The van der Waals surface area contributed by atoms with Crippen LogP contribution in [0, 0.1) is 11.7 Å². The molecule has 0 fully saturated rings. The largest absolute Gasteiger partial charge is 0.497 e. The van der Waals surface area contributed by atoms with Gasteiger partial charge >= 0.3 is 0 Å². The van der Waals surface area contributed by atoms with Crippen LogP contribution >= 0.6 is 0 Å². The Balaban J connectivity index is 2.75. The summed E-state index contributed by atoms with van der Waals surface area (Å²) in [6.07, 6.45) is 0.275. The molecule has 0 aliphatic heterocycles. The first-order chi connectivity index (χ1) is 8.08. The predicted octanol–water partition coefficient (Wildman–Crippen LogP) is 2.69. The summed E-state index contributed by atoms with van der Waals surface area (Å²) >= 11 is 0. The molecule has 0 heterocycles. The summed E-state index contributed by atoms with van der Waals surface area (Å²) in [7, 11) is 3.03. The number of ketones is 1. The third-order valence-corrected chi connectivity index (χ3v) is 2.46. The standard InChI is InChI=1S/C13H17FO3/c1-9(8-16-2)6-13(15)11-5-4-10(17-3)7-12(11)14/h4-5,7,9H,6,8H2,1-3H3. The fourth-order valence-corrected chi connectivity index (χ4v) is 1.62. The number of hydrogen-bond donors (Lipinski definition) is 0. The van der Waals surface area contributed by atoms with E-state index in [-0.39, 0.29) is 23.7 Å². The molecule has 4 heteroatoms. The Morgan fingerprint density at radius 2 is 2.12 bits per heavy atom. The van der Waals surface area contributed by atoms with Gasteiger partial charge in [0, 0.05) is 26.2 Å². The van der Waals surface area contributed by atoms with E-state index in [9.17, 15) is 9.18 Å². The third-order valence-electron chi connectivity index (χ3n) is 2.46. The van der Waals surface area contributed by atoms with E-state index in [0.29, 0.717) is 12.4 Å². The highest BCUT2D eigenvalue weighted by molar-refractivity contribution is 5.96. The summed E-state index contributed by atoms with van der Waals surface area (Å²) in [6.45, 7) is 2.38. The number of ether oxygens (including phenoxy) is 2. The molecule has 0 spiro atoms. The molecule has 0 bridgehead atoms. The van der Waals surface area contributed by atoms with Gasteiger partial charge in [-0.15, -0.1) is 0 Å². The Kier molecular flexibility index (Phi) is 5.10. The average molecular weight is 240 g/mol. The number of halogens is 1. The molecule has 3 nitrogen and oxygen atoms in total. The first kappa shape index (κ1) is 13.6. The fraction of sp³-hybridized carbons (Fsp3) is 0.462. The first-order valence-corrected chi connectivity index (χ1v) is 5.44. The van der Waals surface area contributed by atoms with Crippen molar-refractivity contribution < 1.29 is 18.7 Å². The Labute approximate surface area is 101 Å². The monoisotopic (exact) mass is 240 g/mol. The molecule has 1 aromatic rings. The SMILES string of the molecule is COCC(C)CC(=O)c1ccc(OC)cc1F. The molecule has 0 aliphatic carbocycles. The molecule has 1 rings (SSSR count). The predicted molar refractivity (Wildman–Crippen MR) is 62.9 cm³/mol. The smallest absolute Gasteiger partial charge is 0.166 e. The van der Waals surface area contributed by atoms with Gasteiger partial charge in [0.1, 0.15) is 11.6 Å². The first-order valence-electron chi connectivity index (χ1n) is 5.44. The number of Topliss-reactive ketones (excluding diaryl/α,β-unsaturated/α-hetero) is 1. The molecule has 0 saturated heterocycles. The van der Waals surface area contributed by atoms with Gasteiger partial charge in [-0.25, -0.2) is 4.39 Å². The van der Waals surface area contributed by atoms with Gasteiger partial charge in [0.15, 0.2) is 5.78 Å². The molecule has 1 atom stereocenters. The molecule has 0 radical (unpaired) electrons. The topological polar surface area (TPSA) is 35.5 Å². The Morgan fingerprint density at radius 1 is 1.41 bits per heavy atom. The average Bonchev–Trinajstić information content (AvgIpc) is 2.28. The van der Waals surface area contributed by atoms with Gasteiger partial charge in [0.25, 0.3) is 0 Å². The minimum atomic E-state index is -0.543. The van der Waals surface area contributed by atoms with Crippen molar-refractivity contribution in [1.82, 2.24) is 0 Å². The molecule has 0 amide bonds. The highest BCUT2D eigenvalue weighted by atomic mass is 19.1. The Bertz CT molecular complexity index is 390. The molecule has 0 saturated carbocycles. The summed E-state index contributed by atoms with van der Waals surface area (Å²) in [5.74, 6) is -0.272. The highest BCUT2D eigenvalue weighted by Gasteiger charge is 2.15. The van der Waals surface area contributed by atoms with E-state index in [1.807, 2.05) is 6.92 Å². The molecule has 1 aromatic carbocycles. The second kappa shape index (κ2) is 6.35. The van der Waals surface area contributed by atoms with Crippen molar-refractivity contribution in [2.75, 3.05) is 20.8 Å². The summed E-state index contributed by atoms with van der Waals surface area (Å²) < 4.78 is 23.4. The fourth-order valence-electron chi connectivity index (χ4n) is 1.62. The van der Waals surface area contributed by atoms with Crippen molar-refractivity contribution in [3.8, 4) is 5.75 Å². The molecule has 1 unspecified atom stereocenters. The van der Waals surface area contributed by atoms with E-state index in [0.717, 1.165) is 0 Å². The van der Waals surface area contributed by atoms with E-state index in [2.05, 4.69) is 0 Å². The lowest BCUT2D eigenvalue weighted by Gasteiger charge is -2.10. The van der Waals surface area contributed by atoms with Crippen LogP contribution in [0.5, 0.6) is 5.75 Å². The lowest BCUT2D eigenvalue weighted by Crippen LogP contribution is -2.12. The lowest BCUT2D eigenvalue weighted by atomic mass is 10.00. The molecular weight excluding hydrogens is 223 g/mol. The van der Waals surface area contributed by atoms with Gasteiger partial charge in [0.2, 0.25) is 0 Å². The zero-order valence-corrected chi connectivity index (χ0v) is 10.3. The van der Waals surface area contributed by atoms with Gasteiger partial charge < -0.3 is 9.47 Å². The van der Waals surface area contributed by atoms with Crippen LogP contribution < -0.4 is 4.74 Å². The van der Waals surface area contributed by atoms with Crippen molar-refractivity contribution >= 4 is 5.78 Å². The van der Waals surface area contributed by atoms with Crippen LogP contribution in [0.2, 0.25) is 0 Å². The normalized spacial score (nSPS) is 12.2. The van der Waals surface area contributed by atoms with Crippen molar-refractivity contribution in [1.29, 1.82) is 0 Å². The number of carbonyl (C=O) groups excluding carboxylic acids is 1. The summed E-state index contributed by atoms with van der Waals surface area (Å²) in [6, 6.07) is 4.25. The minimum Gasteiger partial charge on any atom is -0.497 e. The van der Waals surface area contributed by atoms with Gasteiger partial charge in [0.05, 0.1) is 12.7 Å². The van der Waals surface area contributed by atoms with Crippen LogP contribution in [0.25, 0.3) is 0 Å². The Hall–Kier alpha value is -1.42. The van der Waals surface area contributed by atoms with E-state index in [1.165, 1.54) is 19.2 Å². The van der Waals surface area contributed by atoms with Gasteiger partial charge in [-0.05, 0) is 18.1 Å². The summed E-state index contributed by atoms with van der Waals surface area (Å²) in [5.41, 5.74) is 0.105. The molecule has 0 N–H and O–H groups in total. The maximum absolute atomic E-state index is 13.6. The van der Waals surface area contributed by atoms with Crippen LogP contribution in [-0.2, 0) is 4.74 Å². The van der Waals surface area contributed by atoms with Crippen molar-refractivity contribution in [2.24, 2.45) is 5.92 Å². The van der Waals surface area contributed by atoms with Crippen LogP contribution in [0.15, 0.2) is 18.2 Å².